The summed E-state index contributed by atoms with van der Waals surface area (Å²) in [7, 11) is 0. The smallest absolute Gasteiger partial charge is 0.260 e. The second-order valence-electron chi connectivity index (χ2n) is 4.65. The fourth-order valence-electron chi connectivity index (χ4n) is 2.15. The summed E-state index contributed by atoms with van der Waals surface area (Å²) in [5, 5.41) is 3.49. The van der Waals surface area contributed by atoms with E-state index in [0.29, 0.717) is 5.39 Å². The Labute approximate surface area is 128 Å². The molecule has 0 aliphatic heterocycles. The van der Waals surface area contributed by atoms with Gasteiger partial charge in [0.15, 0.2) is 0 Å². The van der Waals surface area contributed by atoms with Gasteiger partial charge in [-0.3, -0.25) is 4.79 Å². The van der Waals surface area contributed by atoms with Gasteiger partial charge < -0.3 is 4.98 Å². The quantitative estimate of drug-likeness (QED) is 0.729. The number of H-pyrrole nitrogens is 1. The van der Waals surface area contributed by atoms with Crippen LogP contribution < -0.4 is 5.56 Å². The van der Waals surface area contributed by atoms with E-state index in [-0.39, 0.29) is 5.56 Å². The lowest BCUT2D eigenvalue weighted by Crippen LogP contribution is -2.11. The number of halogens is 1. The Morgan fingerprint density at radius 3 is 2.75 bits per heavy atom. The molecule has 0 unspecified atom stereocenters. The van der Waals surface area contributed by atoms with Crippen molar-refractivity contribution in [2.75, 3.05) is 5.33 Å². The van der Waals surface area contributed by atoms with E-state index in [1.807, 2.05) is 17.5 Å². The first-order chi connectivity index (χ1) is 9.69. The summed E-state index contributed by atoms with van der Waals surface area (Å²) in [5.41, 5.74) is 3.18. The molecule has 5 heteroatoms. The maximum absolute atomic E-state index is 12.3. The highest BCUT2D eigenvalue weighted by atomic mass is 79.9. The van der Waals surface area contributed by atoms with Gasteiger partial charge in [0.1, 0.15) is 10.7 Å². The van der Waals surface area contributed by atoms with E-state index in [9.17, 15) is 4.79 Å². The number of rotatable bonds is 3. The van der Waals surface area contributed by atoms with Gasteiger partial charge in [-0.15, -0.1) is 11.3 Å². The third-order valence-corrected chi connectivity index (χ3v) is 4.46. The minimum Gasteiger partial charge on any atom is -0.310 e. The second-order valence-corrected chi connectivity index (χ2v) is 6.30. The van der Waals surface area contributed by atoms with E-state index >= 15 is 0 Å². The van der Waals surface area contributed by atoms with Crippen molar-refractivity contribution < 1.29 is 0 Å². The Kier molecular flexibility index (Phi) is 3.72. The van der Waals surface area contributed by atoms with E-state index in [1.165, 1.54) is 16.9 Å². The summed E-state index contributed by atoms with van der Waals surface area (Å²) in [5.74, 6) is 0.733. The Bertz CT molecular complexity index is 805. The zero-order valence-electron chi connectivity index (χ0n) is 10.9. The first-order valence-electron chi connectivity index (χ1n) is 6.32. The van der Waals surface area contributed by atoms with Crippen LogP contribution in [-0.4, -0.2) is 15.3 Å². The van der Waals surface area contributed by atoms with Gasteiger partial charge in [0.25, 0.3) is 5.56 Å². The molecule has 1 N–H and O–H groups in total. The molecule has 0 saturated heterocycles. The molecule has 0 aliphatic carbocycles. The molecule has 3 aromatic rings. The first kappa shape index (κ1) is 13.5. The van der Waals surface area contributed by atoms with Crippen molar-refractivity contribution in [2.45, 2.75) is 13.3 Å². The Morgan fingerprint density at radius 1 is 1.30 bits per heavy atom. The average molecular weight is 349 g/mol. The van der Waals surface area contributed by atoms with Crippen LogP contribution in [0.3, 0.4) is 0 Å². The highest BCUT2D eigenvalue weighted by Gasteiger charge is 2.12. The third kappa shape index (κ3) is 2.43. The Morgan fingerprint density at radius 2 is 2.05 bits per heavy atom. The number of aryl methyl sites for hydroxylation is 2. The molecule has 0 bridgehead atoms. The van der Waals surface area contributed by atoms with Gasteiger partial charge in [-0.25, -0.2) is 4.98 Å². The number of thiophene rings is 1. The lowest BCUT2D eigenvalue weighted by molar-refractivity contribution is 0.960. The lowest BCUT2D eigenvalue weighted by atomic mass is 10.1. The summed E-state index contributed by atoms with van der Waals surface area (Å²) in [6.07, 6.45) is 0.725. The summed E-state index contributed by atoms with van der Waals surface area (Å²) in [4.78, 5) is 20.5. The number of aromatic nitrogens is 2. The van der Waals surface area contributed by atoms with Crippen LogP contribution in [0.2, 0.25) is 0 Å². The molecule has 2 aromatic heterocycles. The molecule has 0 saturated carbocycles. The van der Waals surface area contributed by atoms with E-state index in [1.54, 1.807) is 0 Å². The lowest BCUT2D eigenvalue weighted by Gasteiger charge is -2.01. The molecule has 3 rings (SSSR count). The number of fused-ring (bicyclic) bond motifs is 1. The van der Waals surface area contributed by atoms with Crippen LogP contribution in [0.15, 0.2) is 34.4 Å². The highest BCUT2D eigenvalue weighted by Crippen LogP contribution is 2.30. The molecular weight excluding hydrogens is 336 g/mol. The number of hydrogen-bond acceptors (Lipinski definition) is 3. The third-order valence-electron chi connectivity index (χ3n) is 3.19. The standard InChI is InChI=1S/C15H13BrN2OS/c1-9-2-4-10(5-3-9)11-8-20-15-13(11)14(19)17-12(18-15)6-7-16/h2-5,8H,6-7H2,1H3,(H,17,18,19). The Hall–Kier alpha value is -1.46. The maximum atomic E-state index is 12.3. The van der Waals surface area contributed by atoms with Crippen molar-refractivity contribution in [3.05, 3.63) is 51.4 Å². The summed E-state index contributed by atoms with van der Waals surface area (Å²) >= 11 is 4.89. The van der Waals surface area contributed by atoms with Crippen LogP contribution in [0.4, 0.5) is 0 Å². The van der Waals surface area contributed by atoms with Crippen molar-refractivity contribution in [1.82, 2.24) is 9.97 Å². The maximum Gasteiger partial charge on any atom is 0.260 e. The molecule has 20 heavy (non-hydrogen) atoms. The SMILES string of the molecule is Cc1ccc(-c2csc3nc(CCBr)[nH]c(=O)c23)cc1. The topological polar surface area (TPSA) is 45.8 Å². The first-order valence-corrected chi connectivity index (χ1v) is 8.32. The van der Waals surface area contributed by atoms with Gasteiger partial charge in [-0.2, -0.15) is 0 Å². The fraction of sp³-hybridized carbons (Fsp3) is 0.200. The largest absolute Gasteiger partial charge is 0.310 e. The van der Waals surface area contributed by atoms with Crippen molar-refractivity contribution in [2.24, 2.45) is 0 Å². The predicted molar refractivity (Wildman–Crippen MR) is 87.9 cm³/mol. The summed E-state index contributed by atoms with van der Waals surface area (Å²) < 4.78 is 0. The number of aromatic amines is 1. The molecule has 0 fully saturated rings. The van der Waals surface area contributed by atoms with Gasteiger partial charge in [-0.1, -0.05) is 45.8 Å². The van der Waals surface area contributed by atoms with Crippen molar-refractivity contribution >= 4 is 37.5 Å². The van der Waals surface area contributed by atoms with Crippen molar-refractivity contribution in [1.29, 1.82) is 0 Å². The minimum atomic E-state index is -0.0530. The molecule has 1 aromatic carbocycles. The number of alkyl halides is 1. The van der Waals surface area contributed by atoms with Crippen LogP contribution in [-0.2, 0) is 6.42 Å². The molecule has 0 atom stereocenters. The molecule has 3 nitrogen and oxygen atoms in total. The van der Waals surface area contributed by atoms with E-state index in [4.69, 9.17) is 0 Å². The van der Waals surface area contributed by atoms with Crippen molar-refractivity contribution in [3.63, 3.8) is 0 Å². The van der Waals surface area contributed by atoms with Crippen LogP contribution >= 0.6 is 27.3 Å². The van der Waals surface area contributed by atoms with Gasteiger partial charge >= 0.3 is 0 Å². The van der Waals surface area contributed by atoms with Gasteiger partial charge in [0, 0.05) is 22.7 Å². The summed E-state index contributed by atoms with van der Waals surface area (Å²) in [6, 6.07) is 8.20. The van der Waals surface area contributed by atoms with Crippen LogP contribution in [0.5, 0.6) is 0 Å². The van der Waals surface area contributed by atoms with E-state index in [2.05, 4.69) is 45.0 Å². The predicted octanol–water partition coefficient (Wildman–Crippen LogP) is 3.90. The second kappa shape index (κ2) is 5.50. The zero-order valence-corrected chi connectivity index (χ0v) is 13.3. The van der Waals surface area contributed by atoms with Crippen molar-refractivity contribution in [3.8, 4) is 11.1 Å². The summed E-state index contributed by atoms with van der Waals surface area (Å²) in [6.45, 7) is 2.05. The fourth-order valence-corrected chi connectivity index (χ4v) is 3.49. The number of nitrogens with one attached hydrogen (secondary N) is 1. The highest BCUT2D eigenvalue weighted by molar-refractivity contribution is 9.09. The molecule has 102 valence electrons. The van der Waals surface area contributed by atoms with E-state index < -0.39 is 0 Å². The molecule has 0 amide bonds. The van der Waals surface area contributed by atoms with Crippen LogP contribution in [0.25, 0.3) is 21.3 Å². The zero-order chi connectivity index (χ0) is 14.1. The molecule has 2 heterocycles. The normalized spacial score (nSPS) is 11.1. The van der Waals surface area contributed by atoms with Crippen LogP contribution in [0.1, 0.15) is 11.4 Å². The van der Waals surface area contributed by atoms with Gasteiger partial charge in [0.05, 0.1) is 5.39 Å². The van der Waals surface area contributed by atoms with E-state index in [0.717, 1.165) is 33.5 Å². The minimum absolute atomic E-state index is 0.0530. The Balaban J connectivity index is 2.18. The molecular formula is C15H13BrN2OS. The van der Waals surface area contributed by atoms with Gasteiger partial charge in [-0.05, 0) is 12.5 Å². The number of nitrogens with zero attached hydrogens (tertiary/aromatic N) is 1. The van der Waals surface area contributed by atoms with Gasteiger partial charge in [0.2, 0.25) is 0 Å². The van der Waals surface area contributed by atoms with Crippen LogP contribution in [0, 0.1) is 6.92 Å². The number of hydrogen-bond donors (Lipinski definition) is 1. The molecule has 0 radical (unpaired) electrons. The average Bonchev–Trinajstić information content (AvgIpc) is 2.84. The molecule has 0 spiro atoms. The number of benzene rings is 1. The monoisotopic (exact) mass is 348 g/mol. The molecule has 0 aliphatic rings.